The van der Waals surface area contributed by atoms with Crippen LogP contribution >= 0.6 is 0 Å². The molecular weight excluding hydrogens is 632 g/mol. The Labute approximate surface area is 281 Å². The largest absolute Gasteiger partial charge is 0.490 e. The second kappa shape index (κ2) is 14.7. The minimum Gasteiger partial charge on any atom is -0.490 e. The van der Waals surface area contributed by atoms with Crippen LogP contribution in [0.5, 0.6) is 11.5 Å². The van der Waals surface area contributed by atoms with E-state index in [1.165, 1.54) is 18.2 Å². The summed E-state index contributed by atoms with van der Waals surface area (Å²) in [5, 5.41) is 18.2. The lowest BCUT2D eigenvalue weighted by atomic mass is 10.1. The molecule has 1 fully saturated rings. The Bertz CT molecular complexity index is 2060. The Morgan fingerprint density at radius 1 is 1.08 bits per heavy atom. The van der Waals surface area contributed by atoms with Crippen LogP contribution in [0.3, 0.4) is 0 Å². The second-order valence-corrected chi connectivity index (χ2v) is 11.9. The predicted octanol–water partition coefficient (Wildman–Crippen LogP) is 5.96. The number of likely N-dealkylation sites (tertiary alicyclic amines) is 1. The number of allylic oxidation sites excluding steroid dienone is 1. The van der Waals surface area contributed by atoms with E-state index in [1.807, 2.05) is 18.3 Å². The predicted molar refractivity (Wildman–Crippen MR) is 177 cm³/mol. The number of carbonyl (C=O) groups is 1. The number of benzene rings is 2. The number of halogens is 2. The number of fused-ring (bicyclic) bond motifs is 1. The van der Waals surface area contributed by atoms with Crippen LogP contribution < -0.4 is 9.47 Å². The molecule has 2 aromatic carbocycles. The van der Waals surface area contributed by atoms with Crippen molar-refractivity contribution in [3.05, 3.63) is 107 Å². The quantitative estimate of drug-likeness (QED) is 0.160. The van der Waals surface area contributed by atoms with Crippen molar-refractivity contribution in [3.63, 3.8) is 0 Å². The van der Waals surface area contributed by atoms with E-state index in [1.54, 1.807) is 31.5 Å². The van der Waals surface area contributed by atoms with Crippen LogP contribution in [0, 0.1) is 23.0 Å². The molecule has 11 nitrogen and oxygen atoms in total. The third-order valence-corrected chi connectivity index (χ3v) is 8.54. The number of aliphatic carboxylic acids is 1. The highest BCUT2D eigenvalue weighted by Crippen LogP contribution is 2.26. The standard InChI is InChI=1S/C36H35F2N7O4/c1-3-44-22-40-18-26(44)19-45-34(41-32-8-7-31(42-36(32)45)23(2)14-35(46)47)20-43-12-10-27(11-13-43)49-28-5-6-29(37)25(16-28)21-48-33-9-4-24(17-39)15-30(33)38/h4-9,14-16,18,22,27H,3,10-13,19-21H2,1-2H3,(H,46,47)/b23-14+. The van der Waals surface area contributed by atoms with Crippen molar-refractivity contribution in [2.75, 3.05) is 13.1 Å². The summed E-state index contributed by atoms with van der Waals surface area (Å²) in [6.07, 6.45) is 6.17. The van der Waals surface area contributed by atoms with Crippen LogP contribution in [0.4, 0.5) is 8.78 Å². The number of rotatable bonds is 12. The average Bonchev–Trinajstić information content (AvgIpc) is 3.69. The van der Waals surface area contributed by atoms with Gasteiger partial charge in [0.25, 0.3) is 0 Å². The average molecular weight is 668 g/mol. The number of imidazole rings is 2. The first-order valence-corrected chi connectivity index (χ1v) is 16.0. The number of aryl methyl sites for hydroxylation is 1. The minimum absolute atomic E-state index is 0.0667. The van der Waals surface area contributed by atoms with E-state index in [0.717, 1.165) is 61.7 Å². The van der Waals surface area contributed by atoms with E-state index < -0.39 is 17.6 Å². The van der Waals surface area contributed by atoms with Gasteiger partial charge in [-0.05, 0) is 80.8 Å². The van der Waals surface area contributed by atoms with Crippen molar-refractivity contribution in [2.45, 2.75) is 59.0 Å². The Morgan fingerprint density at radius 3 is 2.63 bits per heavy atom. The highest BCUT2D eigenvalue weighted by molar-refractivity contribution is 5.89. The fraction of sp³-hybridized carbons (Fsp3) is 0.306. The van der Waals surface area contributed by atoms with Gasteiger partial charge in [0, 0.05) is 37.5 Å². The zero-order valence-corrected chi connectivity index (χ0v) is 27.1. The van der Waals surface area contributed by atoms with Gasteiger partial charge in [0.05, 0.1) is 42.4 Å². The zero-order valence-electron chi connectivity index (χ0n) is 27.1. The molecule has 0 radical (unpaired) electrons. The highest BCUT2D eigenvalue weighted by Gasteiger charge is 2.24. The van der Waals surface area contributed by atoms with Gasteiger partial charge in [-0.1, -0.05) is 0 Å². The van der Waals surface area contributed by atoms with E-state index in [0.29, 0.717) is 35.8 Å². The van der Waals surface area contributed by atoms with Crippen LogP contribution in [0.1, 0.15) is 55.0 Å². The van der Waals surface area contributed by atoms with E-state index >= 15 is 0 Å². The third kappa shape index (κ3) is 7.76. The fourth-order valence-electron chi connectivity index (χ4n) is 5.90. The van der Waals surface area contributed by atoms with Gasteiger partial charge in [0.1, 0.15) is 35.6 Å². The number of aromatic nitrogens is 5. The molecule has 0 bridgehead atoms. The summed E-state index contributed by atoms with van der Waals surface area (Å²) in [6, 6.07) is 13.8. The first kappa shape index (κ1) is 33.3. The van der Waals surface area contributed by atoms with Crippen molar-refractivity contribution in [1.82, 2.24) is 29.0 Å². The summed E-state index contributed by atoms with van der Waals surface area (Å²) in [7, 11) is 0. The lowest BCUT2D eigenvalue weighted by Gasteiger charge is -2.32. The molecule has 5 aromatic rings. The SMILES string of the molecule is CCn1cncc1Cn1c(CN2CCC(Oc3ccc(F)c(COc4ccc(C#N)cc4F)c3)CC2)nc2ccc(/C(C)=C/C(=O)O)nc21. The smallest absolute Gasteiger partial charge is 0.328 e. The lowest BCUT2D eigenvalue weighted by molar-refractivity contribution is -0.131. The number of nitrogens with zero attached hydrogens (tertiary/aromatic N) is 7. The summed E-state index contributed by atoms with van der Waals surface area (Å²) in [5.41, 5.74) is 3.92. The molecule has 0 spiro atoms. The van der Waals surface area contributed by atoms with E-state index in [2.05, 4.69) is 25.9 Å². The number of piperidine rings is 1. The van der Waals surface area contributed by atoms with Crippen molar-refractivity contribution in [3.8, 4) is 17.6 Å². The second-order valence-electron chi connectivity index (χ2n) is 11.9. The highest BCUT2D eigenvalue weighted by atomic mass is 19.1. The van der Waals surface area contributed by atoms with Gasteiger partial charge in [-0.25, -0.2) is 28.5 Å². The molecule has 252 valence electrons. The van der Waals surface area contributed by atoms with Gasteiger partial charge in [-0.15, -0.1) is 0 Å². The van der Waals surface area contributed by atoms with Gasteiger partial charge in [-0.3, -0.25) is 4.90 Å². The molecule has 0 aliphatic carbocycles. The summed E-state index contributed by atoms with van der Waals surface area (Å²) in [4.78, 5) is 27.7. The molecular formula is C36H35F2N7O4. The molecule has 1 aliphatic heterocycles. The molecule has 49 heavy (non-hydrogen) atoms. The molecule has 1 aliphatic rings. The Hall–Kier alpha value is -5.61. The Balaban J connectivity index is 1.13. The summed E-state index contributed by atoms with van der Waals surface area (Å²) >= 11 is 0. The number of carboxylic acids is 1. The normalized spacial score (nSPS) is 14.2. The van der Waals surface area contributed by atoms with Crippen molar-refractivity contribution >= 4 is 22.7 Å². The van der Waals surface area contributed by atoms with Crippen molar-refractivity contribution in [1.29, 1.82) is 5.26 Å². The summed E-state index contributed by atoms with van der Waals surface area (Å²) < 4.78 is 44.7. The molecule has 6 rings (SSSR count). The number of ether oxygens (including phenoxy) is 2. The molecule has 1 N–H and O–H groups in total. The monoisotopic (exact) mass is 667 g/mol. The number of hydrogen-bond donors (Lipinski definition) is 1. The molecule has 0 saturated carbocycles. The molecule has 13 heteroatoms. The van der Waals surface area contributed by atoms with E-state index in [4.69, 9.17) is 24.7 Å². The van der Waals surface area contributed by atoms with Crippen LogP contribution in [-0.2, 0) is 31.0 Å². The molecule has 4 heterocycles. The maximum Gasteiger partial charge on any atom is 0.328 e. The zero-order chi connectivity index (χ0) is 34.5. The summed E-state index contributed by atoms with van der Waals surface area (Å²) in [6.45, 7) is 6.92. The summed E-state index contributed by atoms with van der Waals surface area (Å²) in [5.74, 6) is -0.936. The van der Waals surface area contributed by atoms with Crippen molar-refractivity contribution < 1.29 is 28.2 Å². The fourth-order valence-corrected chi connectivity index (χ4v) is 5.90. The van der Waals surface area contributed by atoms with Crippen molar-refractivity contribution in [2.24, 2.45) is 0 Å². The van der Waals surface area contributed by atoms with Crippen LogP contribution in [0.15, 0.2) is 67.1 Å². The van der Waals surface area contributed by atoms with E-state index in [9.17, 15) is 18.7 Å². The number of pyridine rings is 1. The van der Waals surface area contributed by atoms with Crippen LogP contribution in [0.25, 0.3) is 16.7 Å². The van der Waals surface area contributed by atoms with Gasteiger partial charge < -0.3 is 23.7 Å². The minimum atomic E-state index is -1.03. The topological polar surface area (TPSA) is 131 Å². The first-order chi connectivity index (χ1) is 23.7. The van der Waals surface area contributed by atoms with Crippen LogP contribution in [0.2, 0.25) is 0 Å². The van der Waals surface area contributed by atoms with Gasteiger partial charge in [0.15, 0.2) is 17.2 Å². The molecule has 0 amide bonds. The number of hydrogen-bond acceptors (Lipinski definition) is 8. The van der Waals surface area contributed by atoms with Gasteiger partial charge >= 0.3 is 5.97 Å². The van der Waals surface area contributed by atoms with Crippen LogP contribution in [-0.4, -0.2) is 59.3 Å². The maximum absolute atomic E-state index is 14.6. The number of nitriles is 1. The third-order valence-electron chi connectivity index (χ3n) is 8.54. The first-order valence-electron chi connectivity index (χ1n) is 16.0. The Morgan fingerprint density at radius 2 is 1.90 bits per heavy atom. The molecule has 1 saturated heterocycles. The molecule has 3 aromatic heterocycles. The van der Waals surface area contributed by atoms with Gasteiger partial charge in [0.2, 0.25) is 0 Å². The molecule has 0 atom stereocenters. The van der Waals surface area contributed by atoms with Gasteiger partial charge in [-0.2, -0.15) is 5.26 Å². The lowest BCUT2D eigenvalue weighted by Crippen LogP contribution is -2.38. The maximum atomic E-state index is 14.6. The number of carboxylic acid groups (broad SMARTS) is 1. The van der Waals surface area contributed by atoms with E-state index in [-0.39, 0.29) is 29.6 Å². The molecule has 0 unspecified atom stereocenters. The Kier molecular flexibility index (Phi) is 9.96.